The molecule has 3 nitrogen and oxygen atoms in total. The second-order valence-corrected chi connectivity index (χ2v) is 4.74. The average molecular weight is 303 g/mol. The zero-order chi connectivity index (χ0) is 15.9. The molecule has 0 fully saturated rings. The van der Waals surface area contributed by atoms with Crippen LogP contribution in [0.4, 0.5) is 8.78 Å². The van der Waals surface area contributed by atoms with Gasteiger partial charge in [0.15, 0.2) is 5.78 Å². The third kappa shape index (κ3) is 3.97. The van der Waals surface area contributed by atoms with Gasteiger partial charge in [0.05, 0.1) is 12.7 Å². The molecular weight excluding hydrogens is 288 g/mol. The van der Waals surface area contributed by atoms with Crippen LogP contribution in [0.1, 0.15) is 27.1 Å². The fraction of sp³-hybridized carbons (Fsp3) is 0.176. The summed E-state index contributed by atoms with van der Waals surface area (Å²) >= 11 is 0. The van der Waals surface area contributed by atoms with E-state index in [1.165, 1.54) is 18.2 Å². The highest BCUT2D eigenvalue weighted by atomic mass is 19.1. The summed E-state index contributed by atoms with van der Waals surface area (Å²) in [6, 6.07) is 12.5. The van der Waals surface area contributed by atoms with Gasteiger partial charge in [0.1, 0.15) is 5.82 Å². The van der Waals surface area contributed by atoms with Gasteiger partial charge in [-0.2, -0.15) is 0 Å². The molecule has 1 unspecified atom stereocenters. The molecule has 1 N–H and O–H groups in total. The summed E-state index contributed by atoms with van der Waals surface area (Å²) in [5, 5.41) is 2.46. The number of carbonyl (C=O) groups is 2. The van der Waals surface area contributed by atoms with Gasteiger partial charge < -0.3 is 5.32 Å². The maximum atomic E-state index is 13.1. The Morgan fingerprint density at radius 1 is 1.00 bits per heavy atom. The molecule has 0 aromatic heterocycles. The highest BCUT2D eigenvalue weighted by molar-refractivity contribution is 6.04. The second kappa shape index (κ2) is 7.45. The van der Waals surface area contributed by atoms with Crippen molar-refractivity contribution < 1.29 is 18.4 Å². The topological polar surface area (TPSA) is 46.2 Å². The molecule has 0 aliphatic heterocycles. The number of rotatable bonds is 6. The van der Waals surface area contributed by atoms with Crippen molar-refractivity contribution in [1.29, 1.82) is 0 Å². The standard InChI is InChI=1S/C17H15F2NO2/c18-10-9-15(16(21)12-5-2-1-3-6-12)20-17(22)13-7-4-8-14(19)11-13/h1-8,11,15H,9-10H2,(H,20,22). The van der Waals surface area contributed by atoms with Crippen LogP contribution in [0.25, 0.3) is 0 Å². The van der Waals surface area contributed by atoms with Gasteiger partial charge in [0.2, 0.25) is 0 Å². The molecular formula is C17H15F2NO2. The van der Waals surface area contributed by atoms with Crippen molar-refractivity contribution in [3.8, 4) is 0 Å². The van der Waals surface area contributed by atoms with E-state index in [0.29, 0.717) is 5.56 Å². The Balaban J connectivity index is 2.15. The van der Waals surface area contributed by atoms with Gasteiger partial charge in [-0.1, -0.05) is 36.4 Å². The minimum absolute atomic E-state index is 0.0877. The van der Waals surface area contributed by atoms with E-state index in [1.54, 1.807) is 30.3 Å². The molecule has 0 spiro atoms. The molecule has 0 radical (unpaired) electrons. The fourth-order valence-corrected chi connectivity index (χ4v) is 2.05. The molecule has 22 heavy (non-hydrogen) atoms. The molecule has 2 rings (SSSR count). The maximum absolute atomic E-state index is 13.1. The second-order valence-electron chi connectivity index (χ2n) is 4.74. The van der Waals surface area contributed by atoms with Crippen molar-refractivity contribution >= 4 is 11.7 Å². The van der Waals surface area contributed by atoms with Gasteiger partial charge in [-0.25, -0.2) is 4.39 Å². The van der Waals surface area contributed by atoms with Crippen molar-refractivity contribution in [2.45, 2.75) is 12.5 Å². The fourth-order valence-electron chi connectivity index (χ4n) is 2.05. The molecule has 2 aromatic rings. The van der Waals surface area contributed by atoms with Crippen LogP contribution in [0.15, 0.2) is 54.6 Å². The van der Waals surface area contributed by atoms with E-state index in [4.69, 9.17) is 0 Å². The quantitative estimate of drug-likeness (QED) is 0.833. The van der Waals surface area contributed by atoms with Crippen LogP contribution in [0, 0.1) is 5.82 Å². The molecule has 0 aliphatic rings. The lowest BCUT2D eigenvalue weighted by atomic mass is 10.0. The Labute approximate surface area is 127 Å². The predicted octanol–water partition coefficient (Wildman–Crippen LogP) is 3.17. The number of amides is 1. The Morgan fingerprint density at radius 2 is 1.68 bits per heavy atom. The SMILES string of the molecule is O=C(NC(CCF)C(=O)c1ccccc1)c1cccc(F)c1. The van der Waals surface area contributed by atoms with Crippen molar-refractivity contribution in [3.63, 3.8) is 0 Å². The minimum Gasteiger partial charge on any atom is -0.342 e. The number of carbonyl (C=O) groups excluding carboxylic acids is 2. The number of benzene rings is 2. The largest absolute Gasteiger partial charge is 0.342 e. The van der Waals surface area contributed by atoms with Gasteiger partial charge in [0, 0.05) is 17.5 Å². The highest BCUT2D eigenvalue weighted by Crippen LogP contribution is 2.09. The first kappa shape index (κ1) is 15.8. The number of Topliss-reactive ketones (excluding diaryl/α,β-unsaturated/α-hetero) is 1. The highest BCUT2D eigenvalue weighted by Gasteiger charge is 2.22. The van der Waals surface area contributed by atoms with E-state index in [-0.39, 0.29) is 17.8 Å². The van der Waals surface area contributed by atoms with E-state index < -0.39 is 24.4 Å². The van der Waals surface area contributed by atoms with Crippen LogP contribution in [0.2, 0.25) is 0 Å². The molecule has 114 valence electrons. The Morgan fingerprint density at radius 3 is 2.32 bits per heavy atom. The molecule has 2 aromatic carbocycles. The van der Waals surface area contributed by atoms with Gasteiger partial charge >= 0.3 is 0 Å². The molecule has 1 amide bonds. The Kier molecular flexibility index (Phi) is 5.36. The first-order valence-electron chi connectivity index (χ1n) is 6.83. The van der Waals surface area contributed by atoms with E-state index in [9.17, 15) is 18.4 Å². The van der Waals surface area contributed by atoms with Crippen LogP contribution in [0.3, 0.4) is 0 Å². The zero-order valence-corrected chi connectivity index (χ0v) is 11.8. The third-order valence-electron chi connectivity index (χ3n) is 3.16. The summed E-state index contributed by atoms with van der Waals surface area (Å²) in [4.78, 5) is 24.4. The first-order valence-corrected chi connectivity index (χ1v) is 6.83. The lowest BCUT2D eigenvalue weighted by Crippen LogP contribution is -2.41. The molecule has 0 aliphatic carbocycles. The van der Waals surface area contributed by atoms with E-state index >= 15 is 0 Å². The molecule has 0 heterocycles. The van der Waals surface area contributed by atoms with E-state index in [2.05, 4.69) is 5.32 Å². The zero-order valence-electron chi connectivity index (χ0n) is 11.8. The molecule has 1 atom stereocenters. The Hall–Kier alpha value is -2.56. The number of hydrogen-bond donors (Lipinski definition) is 1. The van der Waals surface area contributed by atoms with Gasteiger partial charge in [-0.3, -0.25) is 14.0 Å². The van der Waals surface area contributed by atoms with Crippen LogP contribution < -0.4 is 5.32 Å². The van der Waals surface area contributed by atoms with Gasteiger partial charge in [-0.05, 0) is 18.2 Å². The molecule has 0 saturated carbocycles. The normalized spacial score (nSPS) is 11.7. The number of hydrogen-bond acceptors (Lipinski definition) is 2. The van der Waals surface area contributed by atoms with E-state index in [1.807, 2.05) is 0 Å². The molecule has 0 saturated heterocycles. The third-order valence-corrected chi connectivity index (χ3v) is 3.16. The number of alkyl halides is 1. The number of halogens is 2. The van der Waals surface area contributed by atoms with Crippen LogP contribution in [-0.2, 0) is 0 Å². The van der Waals surface area contributed by atoms with Crippen molar-refractivity contribution in [1.82, 2.24) is 5.32 Å². The summed E-state index contributed by atoms with van der Waals surface area (Å²) in [6.45, 7) is -0.743. The van der Waals surface area contributed by atoms with Gasteiger partial charge in [0.25, 0.3) is 5.91 Å². The average Bonchev–Trinajstić information content (AvgIpc) is 2.54. The smallest absolute Gasteiger partial charge is 0.251 e. The maximum Gasteiger partial charge on any atom is 0.251 e. The Bertz CT molecular complexity index is 659. The first-order chi connectivity index (χ1) is 10.6. The lowest BCUT2D eigenvalue weighted by molar-refractivity contribution is 0.0848. The van der Waals surface area contributed by atoms with Crippen molar-refractivity contribution in [2.75, 3.05) is 6.67 Å². The lowest BCUT2D eigenvalue weighted by Gasteiger charge is -2.16. The number of nitrogens with one attached hydrogen (secondary N) is 1. The summed E-state index contributed by atoms with van der Waals surface area (Å²) in [6.07, 6.45) is -0.130. The van der Waals surface area contributed by atoms with Crippen LogP contribution >= 0.6 is 0 Å². The predicted molar refractivity (Wildman–Crippen MR) is 79.0 cm³/mol. The minimum atomic E-state index is -0.983. The van der Waals surface area contributed by atoms with Gasteiger partial charge in [-0.15, -0.1) is 0 Å². The summed E-state index contributed by atoms with van der Waals surface area (Å²) < 4.78 is 25.8. The van der Waals surface area contributed by atoms with Crippen molar-refractivity contribution in [3.05, 3.63) is 71.5 Å². The number of ketones is 1. The summed E-state index contributed by atoms with van der Waals surface area (Å²) in [5.74, 6) is -1.53. The summed E-state index contributed by atoms with van der Waals surface area (Å²) in [5.41, 5.74) is 0.477. The molecule has 5 heteroatoms. The monoisotopic (exact) mass is 303 g/mol. The molecule has 0 bridgehead atoms. The van der Waals surface area contributed by atoms with E-state index in [0.717, 1.165) is 6.07 Å². The van der Waals surface area contributed by atoms with Crippen LogP contribution in [0.5, 0.6) is 0 Å². The summed E-state index contributed by atoms with van der Waals surface area (Å²) in [7, 11) is 0. The van der Waals surface area contributed by atoms with Crippen molar-refractivity contribution in [2.24, 2.45) is 0 Å². The van der Waals surface area contributed by atoms with Crippen LogP contribution in [-0.4, -0.2) is 24.4 Å².